The molecule has 0 aromatic rings. The van der Waals surface area contributed by atoms with Gasteiger partial charge in [-0.1, -0.05) is 13.1 Å². The first-order chi connectivity index (χ1) is 8.06. The number of nitrogens with zero attached hydrogens (tertiary/aromatic N) is 3. The van der Waals surface area contributed by atoms with E-state index in [9.17, 15) is 0 Å². The smallest absolute Gasteiger partial charge is 0.668 e. The third kappa shape index (κ3) is 19.5. The van der Waals surface area contributed by atoms with Crippen LogP contribution in [0.3, 0.4) is 0 Å². The molecule has 3 nitrogen and oxygen atoms in total. The van der Waals surface area contributed by atoms with Crippen LogP contribution in [0, 0.1) is 13.3 Å². The molecule has 1 saturated carbocycles. The molecule has 3 atom stereocenters. The van der Waals surface area contributed by atoms with Crippen molar-refractivity contribution in [2.75, 3.05) is 48.1 Å². The van der Waals surface area contributed by atoms with Crippen molar-refractivity contribution >= 4 is 19.7 Å². The molecule has 1 rings (SSSR count). The van der Waals surface area contributed by atoms with E-state index in [-0.39, 0.29) is 41.7 Å². The average Bonchev–Trinajstić information content (AvgIpc) is 2.66. The molecule has 0 N–H and O–H groups in total. The first-order valence-electron chi connectivity index (χ1n) is 5.98. The quantitative estimate of drug-likeness (QED) is 0.367. The van der Waals surface area contributed by atoms with Gasteiger partial charge in [-0.2, -0.15) is 35.2 Å². The SMILES string of the molecule is C[N-]C.C[N-]C.C[N-]P(C)C[C@@H]1CCCC1Cl.[CH3-].[Zr+4]. The van der Waals surface area contributed by atoms with E-state index in [1.54, 1.807) is 28.2 Å². The molecule has 0 aliphatic heterocycles. The topological polar surface area (TPSA) is 42.3 Å². The molecular formula is C13H31ClN3PZr. The van der Waals surface area contributed by atoms with Crippen molar-refractivity contribution in [1.82, 2.24) is 0 Å². The van der Waals surface area contributed by atoms with E-state index in [0.717, 1.165) is 5.92 Å². The minimum atomic E-state index is -0.0754. The Morgan fingerprint density at radius 2 is 1.47 bits per heavy atom. The minimum absolute atomic E-state index is 0. The number of alkyl halides is 1. The Morgan fingerprint density at radius 3 is 1.74 bits per heavy atom. The Balaban J connectivity index is -0.000000122. The Bertz CT molecular complexity index is 154. The van der Waals surface area contributed by atoms with Gasteiger partial charge in [0.05, 0.1) is 0 Å². The van der Waals surface area contributed by atoms with Crippen molar-refractivity contribution in [3.63, 3.8) is 0 Å². The van der Waals surface area contributed by atoms with Gasteiger partial charge in [0, 0.05) is 5.38 Å². The predicted octanol–water partition coefficient (Wildman–Crippen LogP) is 5.11. The first kappa shape index (κ1) is 28.6. The molecule has 0 aromatic carbocycles. The molecule has 19 heavy (non-hydrogen) atoms. The Kier molecular flexibility index (Phi) is 32.8. The van der Waals surface area contributed by atoms with Gasteiger partial charge in [0.2, 0.25) is 0 Å². The van der Waals surface area contributed by atoms with Crippen LogP contribution < -0.4 is 0 Å². The maximum absolute atomic E-state index is 6.15. The largest absolute Gasteiger partial charge is 4.00 e. The molecule has 1 aliphatic carbocycles. The molecular weight excluding hydrogens is 356 g/mol. The van der Waals surface area contributed by atoms with Crippen molar-refractivity contribution in [1.29, 1.82) is 0 Å². The minimum Gasteiger partial charge on any atom is -0.668 e. The molecule has 0 radical (unpaired) electrons. The van der Waals surface area contributed by atoms with Crippen LogP contribution in [0.15, 0.2) is 0 Å². The summed E-state index contributed by atoms with van der Waals surface area (Å²) in [5, 5.41) is 11.7. The fraction of sp³-hybridized carbons (Fsp3) is 0.923. The number of hydrogen-bond donors (Lipinski definition) is 0. The van der Waals surface area contributed by atoms with E-state index in [2.05, 4.69) is 22.4 Å². The molecule has 1 aliphatic rings. The summed E-state index contributed by atoms with van der Waals surface area (Å²) in [6, 6.07) is 0. The van der Waals surface area contributed by atoms with Crippen LogP contribution in [-0.4, -0.2) is 53.4 Å². The van der Waals surface area contributed by atoms with E-state index in [4.69, 9.17) is 11.6 Å². The van der Waals surface area contributed by atoms with Crippen LogP contribution in [0.5, 0.6) is 0 Å². The van der Waals surface area contributed by atoms with Crippen molar-refractivity contribution in [2.45, 2.75) is 24.6 Å². The average molecular weight is 387 g/mol. The molecule has 0 bridgehead atoms. The number of halogens is 1. The molecule has 0 spiro atoms. The molecule has 0 saturated heterocycles. The van der Waals surface area contributed by atoms with Gasteiger partial charge < -0.3 is 23.1 Å². The molecule has 0 aromatic heterocycles. The van der Waals surface area contributed by atoms with E-state index < -0.39 is 0 Å². The summed E-state index contributed by atoms with van der Waals surface area (Å²) in [6.07, 6.45) is 5.13. The zero-order valence-electron chi connectivity index (χ0n) is 13.6. The van der Waals surface area contributed by atoms with E-state index in [1.807, 2.05) is 7.05 Å². The molecule has 114 valence electrons. The van der Waals surface area contributed by atoms with Crippen LogP contribution >= 0.6 is 19.7 Å². The second kappa shape index (κ2) is 21.8. The van der Waals surface area contributed by atoms with Crippen LogP contribution in [-0.2, 0) is 26.2 Å². The third-order valence-electron chi connectivity index (χ3n) is 2.41. The zero-order chi connectivity index (χ0) is 13.7. The number of rotatable bonds is 3. The van der Waals surface area contributed by atoms with E-state index in [0.29, 0.717) is 5.38 Å². The van der Waals surface area contributed by atoms with Crippen molar-refractivity contribution < 1.29 is 26.2 Å². The second-order valence-corrected chi connectivity index (χ2v) is 6.78. The van der Waals surface area contributed by atoms with E-state index in [1.165, 1.54) is 25.4 Å². The van der Waals surface area contributed by atoms with Gasteiger partial charge in [-0.25, -0.2) is 8.07 Å². The number of hydrogen-bond acceptors (Lipinski definition) is 0. The van der Waals surface area contributed by atoms with Gasteiger partial charge in [-0.05, 0) is 24.9 Å². The summed E-state index contributed by atoms with van der Waals surface area (Å²) >= 11 is 6.15. The molecule has 0 amide bonds. The van der Waals surface area contributed by atoms with Crippen molar-refractivity contribution in [2.24, 2.45) is 5.92 Å². The summed E-state index contributed by atoms with van der Waals surface area (Å²) in [5.74, 6) is 0.761. The monoisotopic (exact) mass is 385 g/mol. The standard InChI is InChI=1S/C8H16ClNP.2C2H6N.CH3.Zr/c1-10-11(2)6-7-4-3-5-8(7)9;2*1-3-2;;/h7-8H,3-6H2,1-2H3;2*1-2H3;1H3;/q4*-1;+4/t7-,8?,11?;;;;/m0..../s1. The van der Waals surface area contributed by atoms with Crippen LogP contribution in [0.1, 0.15) is 19.3 Å². The normalized spacial score (nSPS) is 21.6. The molecule has 0 heterocycles. The fourth-order valence-corrected chi connectivity index (χ4v) is 3.39. The summed E-state index contributed by atoms with van der Waals surface area (Å²) in [7, 11) is 8.85. The van der Waals surface area contributed by atoms with Crippen LogP contribution in [0.4, 0.5) is 0 Å². The predicted molar refractivity (Wildman–Crippen MR) is 90.8 cm³/mol. The van der Waals surface area contributed by atoms with Crippen LogP contribution in [0.25, 0.3) is 15.7 Å². The van der Waals surface area contributed by atoms with Crippen molar-refractivity contribution in [3.05, 3.63) is 23.1 Å². The van der Waals surface area contributed by atoms with Gasteiger partial charge in [0.1, 0.15) is 0 Å². The molecule has 2 unspecified atom stereocenters. The summed E-state index contributed by atoms with van der Waals surface area (Å²) in [6.45, 7) is 2.23. The Labute approximate surface area is 147 Å². The van der Waals surface area contributed by atoms with Gasteiger partial charge in [0.15, 0.2) is 0 Å². The summed E-state index contributed by atoms with van der Waals surface area (Å²) < 4.78 is 0. The van der Waals surface area contributed by atoms with E-state index >= 15 is 0 Å². The second-order valence-electron chi connectivity index (χ2n) is 4.14. The maximum Gasteiger partial charge on any atom is 4.00 e. The molecule has 6 heteroatoms. The Hall–Kier alpha value is 1.48. The summed E-state index contributed by atoms with van der Waals surface area (Å²) in [5.41, 5.74) is 0. The van der Waals surface area contributed by atoms with Gasteiger partial charge >= 0.3 is 26.2 Å². The van der Waals surface area contributed by atoms with Gasteiger partial charge in [-0.15, -0.1) is 11.6 Å². The fourth-order valence-electron chi connectivity index (χ4n) is 1.62. The summed E-state index contributed by atoms with van der Waals surface area (Å²) in [4.78, 5) is 0. The van der Waals surface area contributed by atoms with Crippen molar-refractivity contribution in [3.8, 4) is 0 Å². The zero-order valence-corrected chi connectivity index (χ0v) is 17.8. The molecule has 1 fully saturated rings. The maximum atomic E-state index is 6.15. The van der Waals surface area contributed by atoms with Gasteiger partial charge in [-0.3, -0.25) is 0 Å². The third-order valence-corrected chi connectivity index (χ3v) is 4.66. The van der Waals surface area contributed by atoms with Crippen LogP contribution in [0.2, 0.25) is 0 Å². The Morgan fingerprint density at radius 1 is 1.05 bits per heavy atom. The first-order valence-corrected chi connectivity index (χ1v) is 8.34. The van der Waals surface area contributed by atoms with Gasteiger partial charge in [0.25, 0.3) is 0 Å².